The molecule has 3 rings (SSSR count). The quantitative estimate of drug-likeness (QED) is 0.643. The number of ketones is 1. The lowest BCUT2D eigenvalue weighted by molar-refractivity contribution is -0.123. The Kier molecular flexibility index (Phi) is 5.66. The number of carbonyl (C=O) groups excluding carboxylic acids is 2. The van der Waals surface area contributed by atoms with Crippen LogP contribution < -0.4 is 10.1 Å². The van der Waals surface area contributed by atoms with Crippen LogP contribution in [-0.2, 0) is 4.79 Å². The van der Waals surface area contributed by atoms with E-state index in [0.717, 1.165) is 0 Å². The molecule has 0 bridgehead atoms. The highest BCUT2D eigenvalue weighted by Gasteiger charge is 2.13. The van der Waals surface area contributed by atoms with Crippen LogP contribution in [0.25, 0.3) is 0 Å². The SMILES string of the molecule is CC(NC(=O)COc1ccc(C(=O)c2ccc(F)cc2)cc1)c1ccco1. The number of halogens is 1. The predicted octanol–water partition coefficient (Wildman–Crippen LogP) is 3.91. The van der Waals surface area contributed by atoms with Crippen LogP contribution in [0, 0.1) is 5.82 Å². The second-order valence-electron chi connectivity index (χ2n) is 5.95. The first kappa shape index (κ1) is 18.4. The van der Waals surface area contributed by atoms with Crippen molar-refractivity contribution in [1.82, 2.24) is 5.32 Å². The molecule has 1 aromatic heterocycles. The Morgan fingerprint density at radius 1 is 1.04 bits per heavy atom. The Hall–Kier alpha value is -3.41. The molecule has 5 nitrogen and oxygen atoms in total. The van der Waals surface area contributed by atoms with Crippen LogP contribution in [0.4, 0.5) is 4.39 Å². The highest BCUT2D eigenvalue weighted by Crippen LogP contribution is 2.16. The topological polar surface area (TPSA) is 68.5 Å². The maximum Gasteiger partial charge on any atom is 0.258 e. The third-order valence-corrected chi connectivity index (χ3v) is 3.94. The summed E-state index contributed by atoms with van der Waals surface area (Å²) >= 11 is 0. The fraction of sp³-hybridized carbons (Fsp3) is 0.143. The van der Waals surface area contributed by atoms with Crippen LogP contribution in [0.1, 0.15) is 34.6 Å². The molecule has 3 aromatic rings. The van der Waals surface area contributed by atoms with Crippen LogP contribution in [0.2, 0.25) is 0 Å². The summed E-state index contributed by atoms with van der Waals surface area (Å²) in [5.74, 6) is 0.227. The zero-order chi connectivity index (χ0) is 19.2. The van der Waals surface area contributed by atoms with Crippen molar-refractivity contribution in [2.75, 3.05) is 6.61 Å². The fourth-order valence-corrected chi connectivity index (χ4v) is 2.51. The van der Waals surface area contributed by atoms with Gasteiger partial charge in [0.05, 0.1) is 12.3 Å². The van der Waals surface area contributed by atoms with E-state index in [4.69, 9.17) is 9.15 Å². The molecule has 27 heavy (non-hydrogen) atoms. The second-order valence-corrected chi connectivity index (χ2v) is 5.95. The van der Waals surface area contributed by atoms with E-state index < -0.39 is 5.82 Å². The van der Waals surface area contributed by atoms with Gasteiger partial charge in [0.25, 0.3) is 5.91 Å². The summed E-state index contributed by atoms with van der Waals surface area (Å²) in [5.41, 5.74) is 0.848. The Labute approximate surface area is 155 Å². The van der Waals surface area contributed by atoms with Crippen molar-refractivity contribution in [3.63, 3.8) is 0 Å². The molecule has 0 aliphatic carbocycles. The van der Waals surface area contributed by atoms with Gasteiger partial charge in [0.2, 0.25) is 0 Å². The van der Waals surface area contributed by atoms with Gasteiger partial charge in [0, 0.05) is 11.1 Å². The van der Waals surface area contributed by atoms with Gasteiger partial charge in [-0.25, -0.2) is 4.39 Å². The van der Waals surface area contributed by atoms with Crippen molar-refractivity contribution in [2.45, 2.75) is 13.0 Å². The minimum atomic E-state index is -0.394. The number of ether oxygens (including phenoxy) is 1. The summed E-state index contributed by atoms with van der Waals surface area (Å²) < 4.78 is 23.6. The lowest BCUT2D eigenvalue weighted by atomic mass is 10.0. The van der Waals surface area contributed by atoms with Gasteiger partial charge in [0.15, 0.2) is 12.4 Å². The molecule has 0 saturated heterocycles. The number of furan rings is 1. The van der Waals surface area contributed by atoms with Crippen LogP contribution >= 0.6 is 0 Å². The summed E-state index contributed by atoms with van der Waals surface area (Å²) in [6.45, 7) is 1.66. The highest BCUT2D eigenvalue weighted by molar-refractivity contribution is 6.09. The molecule has 1 amide bonds. The summed E-state index contributed by atoms with van der Waals surface area (Å²) in [6.07, 6.45) is 1.54. The van der Waals surface area contributed by atoms with E-state index in [2.05, 4.69) is 5.32 Å². The number of benzene rings is 2. The van der Waals surface area contributed by atoms with Gasteiger partial charge in [-0.15, -0.1) is 0 Å². The van der Waals surface area contributed by atoms with Gasteiger partial charge in [-0.05, 0) is 67.6 Å². The Bertz CT molecular complexity index is 902. The first-order valence-corrected chi connectivity index (χ1v) is 8.39. The van der Waals surface area contributed by atoms with E-state index in [1.54, 1.807) is 42.7 Å². The molecule has 0 fully saturated rings. The summed E-state index contributed by atoms with van der Waals surface area (Å²) in [4.78, 5) is 24.3. The minimum absolute atomic E-state index is 0.156. The average Bonchev–Trinajstić information content (AvgIpc) is 3.22. The number of carbonyl (C=O) groups is 2. The Balaban J connectivity index is 1.53. The van der Waals surface area contributed by atoms with Gasteiger partial charge in [-0.3, -0.25) is 9.59 Å². The zero-order valence-corrected chi connectivity index (χ0v) is 14.6. The van der Waals surface area contributed by atoms with Crippen molar-refractivity contribution < 1.29 is 23.1 Å². The van der Waals surface area contributed by atoms with Gasteiger partial charge >= 0.3 is 0 Å². The average molecular weight is 367 g/mol. The van der Waals surface area contributed by atoms with Crippen LogP contribution in [0.15, 0.2) is 71.3 Å². The molecular formula is C21H18FNO4. The third kappa shape index (κ3) is 4.82. The van der Waals surface area contributed by atoms with E-state index in [1.165, 1.54) is 24.3 Å². The van der Waals surface area contributed by atoms with E-state index in [9.17, 15) is 14.0 Å². The van der Waals surface area contributed by atoms with Crippen molar-refractivity contribution >= 4 is 11.7 Å². The number of hydrogen-bond acceptors (Lipinski definition) is 4. The summed E-state index contributed by atoms with van der Waals surface area (Å²) in [7, 11) is 0. The van der Waals surface area contributed by atoms with Gasteiger partial charge in [-0.1, -0.05) is 0 Å². The molecule has 0 radical (unpaired) electrons. The molecule has 2 aromatic carbocycles. The van der Waals surface area contributed by atoms with E-state index >= 15 is 0 Å². The third-order valence-electron chi connectivity index (χ3n) is 3.94. The molecule has 0 spiro atoms. The molecule has 0 aliphatic heterocycles. The van der Waals surface area contributed by atoms with Gasteiger partial charge in [-0.2, -0.15) is 0 Å². The molecule has 1 N–H and O–H groups in total. The van der Waals surface area contributed by atoms with Crippen LogP contribution in [-0.4, -0.2) is 18.3 Å². The highest BCUT2D eigenvalue weighted by atomic mass is 19.1. The van der Waals surface area contributed by atoms with Crippen molar-refractivity contribution in [2.24, 2.45) is 0 Å². The molecule has 0 saturated carbocycles. The van der Waals surface area contributed by atoms with Crippen molar-refractivity contribution in [1.29, 1.82) is 0 Å². The summed E-state index contributed by atoms with van der Waals surface area (Å²) in [6, 6.07) is 15.1. The van der Waals surface area contributed by atoms with E-state index in [1.807, 2.05) is 6.92 Å². The molecule has 1 unspecified atom stereocenters. The number of amides is 1. The maximum absolute atomic E-state index is 12.9. The second kappa shape index (κ2) is 8.31. The smallest absolute Gasteiger partial charge is 0.258 e. The standard InChI is InChI=1S/C21H18FNO4/c1-14(19-3-2-12-26-19)23-20(24)13-27-18-10-6-16(7-11-18)21(25)15-4-8-17(22)9-5-15/h2-12,14H,13H2,1H3,(H,23,24). The number of rotatable bonds is 7. The largest absolute Gasteiger partial charge is 0.484 e. The molecule has 1 atom stereocenters. The number of hydrogen-bond donors (Lipinski definition) is 1. The first-order chi connectivity index (χ1) is 13.0. The minimum Gasteiger partial charge on any atom is -0.484 e. The zero-order valence-electron chi connectivity index (χ0n) is 14.6. The Morgan fingerprint density at radius 3 is 2.26 bits per heavy atom. The lowest BCUT2D eigenvalue weighted by Gasteiger charge is -2.12. The fourth-order valence-electron chi connectivity index (χ4n) is 2.51. The first-order valence-electron chi connectivity index (χ1n) is 8.39. The molecule has 0 aliphatic rings. The molecule has 1 heterocycles. The molecular weight excluding hydrogens is 349 g/mol. The van der Waals surface area contributed by atoms with Gasteiger partial charge in [0.1, 0.15) is 17.3 Å². The Morgan fingerprint density at radius 2 is 1.67 bits per heavy atom. The number of nitrogens with one attached hydrogen (secondary N) is 1. The molecule has 6 heteroatoms. The lowest BCUT2D eigenvalue weighted by Crippen LogP contribution is -2.31. The van der Waals surface area contributed by atoms with E-state index in [-0.39, 0.29) is 24.3 Å². The van der Waals surface area contributed by atoms with E-state index in [0.29, 0.717) is 22.6 Å². The monoisotopic (exact) mass is 367 g/mol. The van der Waals surface area contributed by atoms with Gasteiger partial charge < -0.3 is 14.5 Å². The summed E-state index contributed by atoms with van der Waals surface area (Å²) in [5, 5.41) is 2.77. The predicted molar refractivity (Wildman–Crippen MR) is 97.0 cm³/mol. The van der Waals surface area contributed by atoms with Crippen LogP contribution in [0.5, 0.6) is 5.75 Å². The molecule has 138 valence electrons. The normalized spacial score (nSPS) is 11.6. The van der Waals surface area contributed by atoms with Crippen LogP contribution in [0.3, 0.4) is 0 Å². The van der Waals surface area contributed by atoms with Crippen molar-refractivity contribution in [3.05, 3.63) is 89.6 Å². The maximum atomic E-state index is 12.9. The van der Waals surface area contributed by atoms with Crippen molar-refractivity contribution in [3.8, 4) is 5.75 Å².